The maximum absolute atomic E-state index is 12.5. The van der Waals surface area contributed by atoms with E-state index in [1.54, 1.807) is 18.2 Å². The molecule has 2 N–H and O–H groups in total. The van der Waals surface area contributed by atoms with Crippen LogP contribution in [0.5, 0.6) is 0 Å². The van der Waals surface area contributed by atoms with Gasteiger partial charge in [-0.1, -0.05) is 17.7 Å². The van der Waals surface area contributed by atoms with E-state index in [0.29, 0.717) is 10.7 Å². The fourth-order valence-corrected chi connectivity index (χ4v) is 3.20. The average Bonchev–Trinajstić information content (AvgIpc) is 3.02. The van der Waals surface area contributed by atoms with Crippen molar-refractivity contribution in [2.24, 2.45) is 0 Å². The van der Waals surface area contributed by atoms with E-state index in [2.05, 4.69) is 10.6 Å². The van der Waals surface area contributed by atoms with Crippen molar-refractivity contribution in [2.45, 2.75) is 19.8 Å². The van der Waals surface area contributed by atoms with Crippen LogP contribution < -0.4 is 10.6 Å². The second kappa shape index (κ2) is 8.91. The third-order valence-electron chi connectivity index (χ3n) is 4.69. The number of imide groups is 1. The standard InChI is InChI=1S/C20H19ClN4O5/c1-12-2-4-14(11-15(12)21)23-20(28)13-3-5-16(17(10-13)25(29)30)22-8-9-24-18(26)6-7-19(24)27/h2-5,10-11,22H,6-9H2,1H3,(H,23,28). The molecule has 0 atom stereocenters. The van der Waals surface area contributed by atoms with Gasteiger partial charge in [0.2, 0.25) is 11.8 Å². The molecule has 3 rings (SSSR count). The monoisotopic (exact) mass is 430 g/mol. The molecule has 0 spiro atoms. The van der Waals surface area contributed by atoms with E-state index >= 15 is 0 Å². The Morgan fingerprint density at radius 3 is 2.50 bits per heavy atom. The van der Waals surface area contributed by atoms with Crippen LogP contribution in [0, 0.1) is 17.0 Å². The molecule has 0 bridgehead atoms. The number of benzene rings is 2. The molecule has 2 aromatic carbocycles. The predicted molar refractivity (Wildman–Crippen MR) is 112 cm³/mol. The van der Waals surface area contributed by atoms with Crippen LogP contribution in [0.25, 0.3) is 0 Å². The van der Waals surface area contributed by atoms with Gasteiger partial charge < -0.3 is 10.6 Å². The molecule has 0 aromatic heterocycles. The van der Waals surface area contributed by atoms with Gasteiger partial charge in [-0.25, -0.2) is 0 Å². The van der Waals surface area contributed by atoms with Crippen molar-refractivity contribution in [3.05, 3.63) is 62.7 Å². The quantitative estimate of drug-likeness (QED) is 0.394. The Bertz CT molecular complexity index is 1020. The molecule has 0 aliphatic carbocycles. The summed E-state index contributed by atoms with van der Waals surface area (Å²) in [4.78, 5) is 47.7. The van der Waals surface area contributed by atoms with Crippen LogP contribution in [-0.4, -0.2) is 40.6 Å². The molecule has 0 unspecified atom stereocenters. The first-order valence-corrected chi connectivity index (χ1v) is 9.57. The Morgan fingerprint density at radius 2 is 1.87 bits per heavy atom. The summed E-state index contributed by atoms with van der Waals surface area (Å²) in [6, 6.07) is 9.07. The molecule has 2 aromatic rings. The molecule has 1 aliphatic rings. The smallest absolute Gasteiger partial charge is 0.293 e. The van der Waals surface area contributed by atoms with Crippen LogP contribution in [0.1, 0.15) is 28.8 Å². The molecule has 3 amide bonds. The number of nitro groups is 1. The van der Waals surface area contributed by atoms with Crippen LogP contribution in [-0.2, 0) is 9.59 Å². The molecule has 1 saturated heterocycles. The van der Waals surface area contributed by atoms with E-state index in [1.807, 2.05) is 6.92 Å². The number of carbonyl (C=O) groups excluding carboxylic acids is 3. The Labute approximate surface area is 177 Å². The van der Waals surface area contributed by atoms with Gasteiger partial charge in [0.25, 0.3) is 11.6 Å². The molecule has 30 heavy (non-hydrogen) atoms. The summed E-state index contributed by atoms with van der Waals surface area (Å²) in [6.07, 6.45) is 0.379. The summed E-state index contributed by atoms with van der Waals surface area (Å²) in [5.74, 6) is -1.02. The molecule has 9 nitrogen and oxygen atoms in total. The fourth-order valence-electron chi connectivity index (χ4n) is 3.02. The van der Waals surface area contributed by atoms with Crippen LogP contribution in [0.15, 0.2) is 36.4 Å². The topological polar surface area (TPSA) is 122 Å². The largest absolute Gasteiger partial charge is 0.378 e. The number of nitrogens with one attached hydrogen (secondary N) is 2. The highest BCUT2D eigenvalue weighted by Gasteiger charge is 2.28. The third kappa shape index (κ3) is 4.74. The number of aryl methyl sites for hydroxylation is 1. The molecule has 1 heterocycles. The number of rotatable bonds is 7. The number of nitrogens with zero attached hydrogens (tertiary/aromatic N) is 2. The van der Waals surface area contributed by atoms with E-state index in [-0.39, 0.29) is 54.7 Å². The Hall–Kier alpha value is -3.46. The molecular weight excluding hydrogens is 412 g/mol. The minimum absolute atomic E-state index is 0.105. The minimum Gasteiger partial charge on any atom is -0.378 e. The lowest BCUT2D eigenvalue weighted by molar-refractivity contribution is -0.384. The van der Waals surface area contributed by atoms with Gasteiger partial charge in [0.05, 0.1) is 4.92 Å². The summed E-state index contributed by atoms with van der Waals surface area (Å²) in [7, 11) is 0. The number of nitro benzene ring substituents is 1. The van der Waals surface area contributed by atoms with E-state index in [4.69, 9.17) is 11.6 Å². The predicted octanol–water partition coefficient (Wildman–Crippen LogP) is 3.37. The lowest BCUT2D eigenvalue weighted by Crippen LogP contribution is -2.33. The maximum Gasteiger partial charge on any atom is 0.293 e. The maximum atomic E-state index is 12.5. The van der Waals surface area contributed by atoms with E-state index in [9.17, 15) is 24.5 Å². The van der Waals surface area contributed by atoms with E-state index < -0.39 is 10.8 Å². The zero-order valence-corrected chi connectivity index (χ0v) is 16.9. The molecule has 10 heteroatoms. The van der Waals surface area contributed by atoms with Gasteiger partial charge in [0.1, 0.15) is 5.69 Å². The lowest BCUT2D eigenvalue weighted by Gasteiger charge is -2.15. The van der Waals surface area contributed by atoms with Crippen molar-refractivity contribution in [3.8, 4) is 0 Å². The molecule has 0 radical (unpaired) electrons. The van der Waals surface area contributed by atoms with Gasteiger partial charge in [-0.3, -0.25) is 29.4 Å². The molecule has 156 valence electrons. The summed E-state index contributed by atoms with van der Waals surface area (Å²) in [5.41, 5.74) is 1.34. The van der Waals surface area contributed by atoms with Crippen molar-refractivity contribution in [1.29, 1.82) is 0 Å². The molecule has 1 fully saturated rings. The van der Waals surface area contributed by atoms with Crippen LogP contribution >= 0.6 is 11.6 Å². The second-order valence-corrected chi connectivity index (χ2v) is 7.18. The summed E-state index contributed by atoms with van der Waals surface area (Å²) < 4.78 is 0. The van der Waals surface area contributed by atoms with Crippen molar-refractivity contribution in [3.63, 3.8) is 0 Å². The Kier molecular flexibility index (Phi) is 6.31. The van der Waals surface area contributed by atoms with Gasteiger partial charge in [0.15, 0.2) is 0 Å². The zero-order valence-electron chi connectivity index (χ0n) is 16.1. The second-order valence-electron chi connectivity index (χ2n) is 6.77. The molecule has 1 aliphatic heterocycles. The first-order chi connectivity index (χ1) is 14.3. The number of halogens is 1. The zero-order chi connectivity index (χ0) is 21.8. The normalized spacial score (nSPS) is 13.5. The van der Waals surface area contributed by atoms with Crippen LogP contribution in [0.4, 0.5) is 17.1 Å². The van der Waals surface area contributed by atoms with Gasteiger partial charge in [-0.15, -0.1) is 0 Å². The van der Waals surface area contributed by atoms with Crippen LogP contribution in [0.3, 0.4) is 0 Å². The number of amides is 3. The number of hydrogen-bond acceptors (Lipinski definition) is 6. The van der Waals surface area contributed by atoms with Crippen molar-refractivity contribution in [2.75, 3.05) is 23.7 Å². The first kappa shape index (κ1) is 21.3. The first-order valence-electron chi connectivity index (χ1n) is 9.19. The number of anilines is 2. The van der Waals surface area contributed by atoms with Gasteiger partial charge in [0, 0.05) is 48.3 Å². The SMILES string of the molecule is Cc1ccc(NC(=O)c2ccc(NCCN3C(=O)CCC3=O)c([N+](=O)[O-])c2)cc1Cl. The van der Waals surface area contributed by atoms with Gasteiger partial charge >= 0.3 is 0 Å². The summed E-state index contributed by atoms with van der Waals surface area (Å²) >= 11 is 6.05. The van der Waals surface area contributed by atoms with Crippen LogP contribution in [0.2, 0.25) is 5.02 Å². The highest BCUT2D eigenvalue weighted by atomic mass is 35.5. The van der Waals surface area contributed by atoms with E-state index in [0.717, 1.165) is 10.5 Å². The Morgan fingerprint density at radius 1 is 1.17 bits per heavy atom. The Balaban J connectivity index is 1.70. The number of carbonyl (C=O) groups is 3. The highest BCUT2D eigenvalue weighted by molar-refractivity contribution is 6.31. The van der Waals surface area contributed by atoms with Crippen molar-refractivity contribution < 1.29 is 19.3 Å². The lowest BCUT2D eigenvalue weighted by atomic mass is 10.1. The van der Waals surface area contributed by atoms with Crippen molar-refractivity contribution >= 4 is 46.4 Å². The fraction of sp³-hybridized carbons (Fsp3) is 0.250. The summed E-state index contributed by atoms with van der Waals surface area (Å²) in [5, 5.41) is 17.5. The van der Waals surface area contributed by atoms with Crippen molar-refractivity contribution in [1.82, 2.24) is 4.90 Å². The van der Waals surface area contributed by atoms with Gasteiger partial charge in [-0.2, -0.15) is 0 Å². The van der Waals surface area contributed by atoms with E-state index in [1.165, 1.54) is 18.2 Å². The van der Waals surface area contributed by atoms with Gasteiger partial charge in [-0.05, 0) is 36.8 Å². The summed E-state index contributed by atoms with van der Waals surface area (Å²) in [6.45, 7) is 2.11. The molecule has 0 saturated carbocycles. The highest BCUT2D eigenvalue weighted by Crippen LogP contribution is 2.27. The number of likely N-dealkylation sites (tertiary alicyclic amines) is 1. The molecular formula is C20H19ClN4O5. The number of hydrogen-bond donors (Lipinski definition) is 2. The minimum atomic E-state index is -0.603. The average molecular weight is 431 g/mol. The third-order valence-corrected chi connectivity index (χ3v) is 5.10.